The van der Waals surface area contributed by atoms with Gasteiger partial charge in [0.2, 0.25) is 0 Å². The molecule has 3 nitrogen and oxygen atoms in total. The second-order valence-corrected chi connectivity index (χ2v) is 4.86. The lowest BCUT2D eigenvalue weighted by Crippen LogP contribution is -1.97. The lowest BCUT2D eigenvalue weighted by molar-refractivity contribution is 0.297. The molecule has 0 unspecified atom stereocenters. The van der Waals surface area contributed by atoms with Crippen molar-refractivity contribution in [2.75, 3.05) is 18.9 Å². The monoisotopic (exact) mass is 247 g/mol. The van der Waals surface area contributed by atoms with E-state index in [-0.39, 0.29) is 0 Å². The minimum absolute atomic E-state index is 0.685. The van der Waals surface area contributed by atoms with E-state index in [0.717, 1.165) is 34.0 Å². The Morgan fingerprint density at radius 2 is 1.88 bits per heavy atom. The van der Waals surface area contributed by atoms with Gasteiger partial charge in [-0.25, -0.2) is 0 Å². The molecule has 1 aromatic carbocycles. The zero-order valence-corrected chi connectivity index (χ0v) is 10.1. The molecular weight excluding hydrogens is 234 g/mol. The lowest BCUT2D eigenvalue weighted by Gasteiger charge is -2.11. The number of benzene rings is 1. The third-order valence-corrected chi connectivity index (χ3v) is 3.61. The molecule has 88 valence electrons. The van der Waals surface area contributed by atoms with Crippen LogP contribution in [0.25, 0.3) is 10.4 Å². The van der Waals surface area contributed by atoms with Gasteiger partial charge in [-0.05, 0) is 17.5 Å². The van der Waals surface area contributed by atoms with Crippen molar-refractivity contribution in [3.8, 4) is 21.9 Å². The Morgan fingerprint density at radius 3 is 2.59 bits per heavy atom. The van der Waals surface area contributed by atoms with Crippen LogP contribution in [0.1, 0.15) is 6.42 Å². The van der Waals surface area contributed by atoms with Gasteiger partial charge < -0.3 is 15.2 Å². The maximum atomic E-state index is 6.06. The molecule has 0 aliphatic carbocycles. The van der Waals surface area contributed by atoms with E-state index in [4.69, 9.17) is 15.2 Å². The van der Waals surface area contributed by atoms with Gasteiger partial charge in [0.25, 0.3) is 0 Å². The van der Waals surface area contributed by atoms with E-state index >= 15 is 0 Å². The number of hydrogen-bond donors (Lipinski definition) is 1. The fraction of sp³-hybridized carbons (Fsp3) is 0.231. The molecular formula is C13H13NO2S. The molecule has 0 amide bonds. The summed E-state index contributed by atoms with van der Waals surface area (Å²) in [5.41, 5.74) is 7.81. The number of hydrogen-bond acceptors (Lipinski definition) is 4. The number of nitrogen functional groups attached to an aromatic ring is 1. The molecule has 0 atom stereocenters. The summed E-state index contributed by atoms with van der Waals surface area (Å²) in [4.78, 5) is 1.15. The number of anilines is 1. The predicted octanol–water partition coefficient (Wildman–Crippen LogP) is 3.16. The molecule has 0 radical (unpaired) electrons. The SMILES string of the molecule is Nc1cc2c(cc1-c1cccs1)OCCCO2. The number of fused-ring (bicyclic) bond motifs is 1. The molecule has 1 aromatic heterocycles. The minimum atomic E-state index is 0.685. The molecule has 0 spiro atoms. The molecule has 4 heteroatoms. The van der Waals surface area contributed by atoms with Gasteiger partial charge in [-0.1, -0.05) is 6.07 Å². The van der Waals surface area contributed by atoms with Crippen molar-refractivity contribution in [1.82, 2.24) is 0 Å². The highest BCUT2D eigenvalue weighted by molar-refractivity contribution is 7.13. The third-order valence-electron chi connectivity index (χ3n) is 2.71. The number of ether oxygens (including phenoxy) is 2. The Balaban J connectivity index is 2.09. The van der Waals surface area contributed by atoms with Crippen molar-refractivity contribution in [3.05, 3.63) is 29.6 Å². The predicted molar refractivity (Wildman–Crippen MR) is 69.8 cm³/mol. The van der Waals surface area contributed by atoms with Crippen LogP contribution >= 0.6 is 11.3 Å². The molecule has 0 fully saturated rings. The lowest BCUT2D eigenvalue weighted by atomic mass is 10.1. The highest BCUT2D eigenvalue weighted by Crippen LogP contribution is 2.39. The maximum Gasteiger partial charge on any atom is 0.163 e. The summed E-state index contributed by atoms with van der Waals surface area (Å²) in [6.45, 7) is 1.38. The van der Waals surface area contributed by atoms with Gasteiger partial charge in [0.15, 0.2) is 11.5 Å². The van der Waals surface area contributed by atoms with Crippen LogP contribution in [0.15, 0.2) is 29.6 Å². The van der Waals surface area contributed by atoms with Crippen LogP contribution in [0, 0.1) is 0 Å². The number of thiophene rings is 1. The first-order chi connectivity index (χ1) is 8.34. The molecule has 2 N–H and O–H groups in total. The normalized spacial score (nSPS) is 14.4. The zero-order valence-electron chi connectivity index (χ0n) is 9.31. The fourth-order valence-corrected chi connectivity index (χ4v) is 2.63. The number of nitrogens with two attached hydrogens (primary N) is 1. The van der Waals surface area contributed by atoms with E-state index in [2.05, 4.69) is 6.07 Å². The van der Waals surface area contributed by atoms with E-state index in [0.29, 0.717) is 13.2 Å². The average Bonchev–Trinajstić information content (AvgIpc) is 2.75. The van der Waals surface area contributed by atoms with Gasteiger partial charge in [-0.2, -0.15) is 0 Å². The van der Waals surface area contributed by atoms with Crippen LogP contribution in [0.4, 0.5) is 5.69 Å². The van der Waals surface area contributed by atoms with E-state index in [1.807, 2.05) is 23.6 Å². The van der Waals surface area contributed by atoms with Crippen LogP contribution < -0.4 is 15.2 Å². The molecule has 2 heterocycles. The molecule has 1 aliphatic heterocycles. The summed E-state index contributed by atoms with van der Waals surface area (Å²) in [5, 5.41) is 2.04. The van der Waals surface area contributed by atoms with Crippen molar-refractivity contribution in [2.45, 2.75) is 6.42 Å². The first-order valence-electron chi connectivity index (χ1n) is 5.57. The third kappa shape index (κ3) is 1.96. The van der Waals surface area contributed by atoms with Crippen molar-refractivity contribution >= 4 is 17.0 Å². The highest BCUT2D eigenvalue weighted by atomic mass is 32.1. The van der Waals surface area contributed by atoms with Crippen LogP contribution in [-0.2, 0) is 0 Å². The van der Waals surface area contributed by atoms with Gasteiger partial charge in [0.1, 0.15) is 0 Å². The Morgan fingerprint density at radius 1 is 1.12 bits per heavy atom. The molecule has 2 aromatic rings. The van der Waals surface area contributed by atoms with Crippen LogP contribution in [0.5, 0.6) is 11.5 Å². The quantitative estimate of drug-likeness (QED) is 0.787. The van der Waals surface area contributed by atoms with E-state index in [1.165, 1.54) is 0 Å². The van der Waals surface area contributed by atoms with Crippen LogP contribution in [-0.4, -0.2) is 13.2 Å². The van der Waals surface area contributed by atoms with Crippen molar-refractivity contribution < 1.29 is 9.47 Å². The van der Waals surface area contributed by atoms with E-state index in [9.17, 15) is 0 Å². The topological polar surface area (TPSA) is 44.5 Å². The summed E-state index contributed by atoms with van der Waals surface area (Å²) in [5.74, 6) is 1.54. The standard InChI is InChI=1S/C13H13NO2S/c14-10-8-12-11(15-4-2-5-16-12)7-9(10)13-3-1-6-17-13/h1,3,6-8H,2,4-5,14H2. The number of rotatable bonds is 1. The first kappa shape index (κ1) is 10.5. The van der Waals surface area contributed by atoms with Crippen molar-refractivity contribution in [3.63, 3.8) is 0 Å². The smallest absolute Gasteiger partial charge is 0.163 e. The Kier molecular flexibility index (Phi) is 2.65. The minimum Gasteiger partial charge on any atom is -0.490 e. The molecule has 0 saturated carbocycles. The Hall–Kier alpha value is -1.68. The van der Waals surface area contributed by atoms with Gasteiger partial charge in [-0.3, -0.25) is 0 Å². The van der Waals surface area contributed by atoms with Gasteiger partial charge in [-0.15, -0.1) is 11.3 Å². The fourth-order valence-electron chi connectivity index (χ4n) is 1.87. The van der Waals surface area contributed by atoms with Crippen LogP contribution in [0.2, 0.25) is 0 Å². The molecule has 0 saturated heterocycles. The molecule has 3 rings (SSSR count). The summed E-state index contributed by atoms with van der Waals surface area (Å²) in [6.07, 6.45) is 0.906. The molecule has 17 heavy (non-hydrogen) atoms. The molecule has 1 aliphatic rings. The van der Waals surface area contributed by atoms with E-state index in [1.54, 1.807) is 11.3 Å². The Bertz CT molecular complexity index is 522. The van der Waals surface area contributed by atoms with Crippen LogP contribution in [0.3, 0.4) is 0 Å². The van der Waals surface area contributed by atoms with Gasteiger partial charge >= 0.3 is 0 Å². The van der Waals surface area contributed by atoms with Crippen molar-refractivity contribution in [1.29, 1.82) is 0 Å². The average molecular weight is 247 g/mol. The second-order valence-electron chi connectivity index (χ2n) is 3.91. The summed E-state index contributed by atoms with van der Waals surface area (Å²) in [7, 11) is 0. The summed E-state index contributed by atoms with van der Waals surface area (Å²) < 4.78 is 11.3. The summed E-state index contributed by atoms with van der Waals surface area (Å²) >= 11 is 1.67. The first-order valence-corrected chi connectivity index (χ1v) is 6.45. The largest absolute Gasteiger partial charge is 0.490 e. The summed E-state index contributed by atoms with van der Waals surface area (Å²) in [6, 6.07) is 7.90. The van der Waals surface area contributed by atoms with Gasteiger partial charge in [0.05, 0.1) is 13.2 Å². The zero-order chi connectivity index (χ0) is 11.7. The highest BCUT2D eigenvalue weighted by Gasteiger charge is 2.14. The second kappa shape index (κ2) is 4.30. The molecule has 0 bridgehead atoms. The van der Waals surface area contributed by atoms with Gasteiger partial charge in [0, 0.05) is 28.6 Å². The van der Waals surface area contributed by atoms with E-state index < -0.39 is 0 Å². The maximum absolute atomic E-state index is 6.06. The Labute approximate surface area is 104 Å². The van der Waals surface area contributed by atoms with Crippen molar-refractivity contribution in [2.24, 2.45) is 0 Å².